The lowest BCUT2D eigenvalue weighted by Gasteiger charge is -2.39. The highest BCUT2D eigenvalue weighted by Crippen LogP contribution is 2.32. The Kier molecular flexibility index (Phi) is 3.46. The van der Waals surface area contributed by atoms with Crippen molar-refractivity contribution < 1.29 is 14.7 Å². The Labute approximate surface area is 112 Å². The largest absolute Gasteiger partial charge is 0.480 e. The molecule has 0 aliphatic heterocycles. The maximum absolute atomic E-state index is 12.1. The first kappa shape index (κ1) is 13.4. The van der Waals surface area contributed by atoms with E-state index in [1.165, 1.54) is 4.90 Å². The molecule has 0 spiro atoms. The number of rotatable bonds is 3. The van der Waals surface area contributed by atoms with Crippen LogP contribution in [0.25, 0.3) is 0 Å². The number of anilines is 1. The highest BCUT2D eigenvalue weighted by Gasteiger charge is 2.46. The summed E-state index contributed by atoms with van der Waals surface area (Å²) in [4.78, 5) is 24.7. The average Bonchev–Trinajstić information content (AvgIpc) is 2.33. The molecule has 1 aromatic carbocycles. The third kappa shape index (κ3) is 2.54. The van der Waals surface area contributed by atoms with Crippen molar-refractivity contribution >= 4 is 17.7 Å². The van der Waals surface area contributed by atoms with Crippen LogP contribution in [0.2, 0.25) is 0 Å². The number of urea groups is 1. The maximum atomic E-state index is 12.1. The molecule has 1 saturated carbocycles. The monoisotopic (exact) mass is 262 g/mol. The van der Waals surface area contributed by atoms with E-state index >= 15 is 0 Å². The molecule has 2 rings (SSSR count). The van der Waals surface area contributed by atoms with Crippen molar-refractivity contribution in [3.05, 3.63) is 29.8 Å². The molecular weight excluding hydrogens is 244 g/mol. The van der Waals surface area contributed by atoms with Crippen LogP contribution < -0.4 is 10.2 Å². The lowest BCUT2D eigenvalue weighted by molar-refractivity contribution is -0.148. The fourth-order valence-electron chi connectivity index (χ4n) is 2.10. The van der Waals surface area contributed by atoms with E-state index in [0.717, 1.165) is 17.7 Å². The molecule has 1 aliphatic rings. The number of carbonyl (C=O) groups excluding carboxylic acids is 1. The number of hydrogen-bond donors (Lipinski definition) is 2. The van der Waals surface area contributed by atoms with Crippen LogP contribution in [0.15, 0.2) is 24.3 Å². The lowest BCUT2D eigenvalue weighted by atomic mass is 9.77. The maximum Gasteiger partial charge on any atom is 0.329 e. The van der Waals surface area contributed by atoms with Gasteiger partial charge in [-0.3, -0.25) is 4.90 Å². The minimum atomic E-state index is -1.07. The topological polar surface area (TPSA) is 69.6 Å². The van der Waals surface area contributed by atoms with Gasteiger partial charge in [-0.15, -0.1) is 0 Å². The molecule has 5 nitrogen and oxygen atoms in total. The second-order valence-corrected chi connectivity index (χ2v) is 5.07. The highest BCUT2D eigenvalue weighted by molar-refractivity contribution is 5.95. The fourth-order valence-corrected chi connectivity index (χ4v) is 2.10. The minimum Gasteiger partial charge on any atom is -0.480 e. The van der Waals surface area contributed by atoms with Gasteiger partial charge in [0.25, 0.3) is 0 Å². The van der Waals surface area contributed by atoms with E-state index in [9.17, 15) is 14.7 Å². The van der Waals surface area contributed by atoms with Gasteiger partial charge in [0, 0.05) is 12.7 Å². The van der Waals surface area contributed by atoms with Crippen LogP contribution >= 0.6 is 0 Å². The summed E-state index contributed by atoms with van der Waals surface area (Å²) in [5, 5.41) is 11.8. The van der Waals surface area contributed by atoms with E-state index in [4.69, 9.17) is 0 Å². The van der Waals surface area contributed by atoms with Gasteiger partial charge in [-0.05, 0) is 38.3 Å². The third-order valence-corrected chi connectivity index (χ3v) is 3.69. The quantitative estimate of drug-likeness (QED) is 0.876. The zero-order valence-corrected chi connectivity index (χ0v) is 11.1. The Morgan fingerprint density at radius 2 is 1.84 bits per heavy atom. The predicted molar refractivity (Wildman–Crippen MR) is 72.3 cm³/mol. The molecule has 19 heavy (non-hydrogen) atoms. The summed E-state index contributed by atoms with van der Waals surface area (Å²) in [7, 11) is 1.63. The molecule has 0 aromatic heterocycles. The van der Waals surface area contributed by atoms with E-state index in [0.29, 0.717) is 12.8 Å². The second kappa shape index (κ2) is 4.91. The van der Waals surface area contributed by atoms with Gasteiger partial charge in [-0.2, -0.15) is 0 Å². The highest BCUT2D eigenvalue weighted by atomic mass is 16.4. The smallest absolute Gasteiger partial charge is 0.329 e. The van der Waals surface area contributed by atoms with Gasteiger partial charge in [0.1, 0.15) is 5.54 Å². The van der Waals surface area contributed by atoms with Crippen molar-refractivity contribution in [3.63, 3.8) is 0 Å². The Morgan fingerprint density at radius 1 is 1.26 bits per heavy atom. The normalized spacial score (nSPS) is 16.3. The number of nitrogens with one attached hydrogen (secondary N) is 1. The van der Waals surface area contributed by atoms with Crippen LogP contribution in [0.5, 0.6) is 0 Å². The van der Waals surface area contributed by atoms with Gasteiger partial charge in [-0.25, -0.2) is 9.59 Å². The molecule has 5 heteroatoms. The first-order chi connectivity index (χ1) is 8.94. The Bertz CT molecular complexity index is 492. The summed E-state index contributed by atoms with van der Waals surface area (Å²) in [6, 6.07) is 7.11. The van der Waals surface area contributed by atoms with Crippen LogP contribution in [0.3, 0.4) is 0 Å². The summed E-state index contributed by atoms with van der Waals surface area (Å²) in [6.45, 7) is 1.97. The van der Waals surface area contributed by atoms with Gasteiger partial charge in [0.2, 0.25) is 0 Å². The molecule has 0 radical (unpaired) electrons. The summed E-state index contributed by atoms with van der Waals surface area (Å²) in [5.41, 5.74) is 0.775. The Hall–Kier alpha value is -2.04. The number of hydrogen-bond acceptors (Lipinski definition) is 2. The number of nitrogens with zero attached hydrogens (tertiary/aromatic N) is 1. The number of carboxylic acids is 1. The van der Waals surface area contributed by atoms with Crippen molar-refractivity contribution in [2.75, 3.05) is 11.9 Å². The van der Waals surface area contributed by atoms with Gasteiger partial charge in [-0.1, -0.05) is 17.7 Å². The van der Waals surface area contributed by atoms with Crippen LogP contribution in [-0.2, 0) is 4.79 Å². The summed E-state index contributed by atoms with van der Waals surface area (Å²) < 4.78 is 0. The molecule has 1 fully saturated rings. The van der Waals surface area contributed by atoms with Crippen molar-refractivity contribution in [1.29, 1.82) is 0 Å². The molecule has 2 N–H and O–H groups in total. The van der Waals surface area contributed by atoms with Gasteiger partial charge in [0.15, 0.2) is 0 Å². The molecule has 0 bridgehead atoms. The number of benzene rings is 1. The number of amides is 2. The summed E-state index contributed by atoms with van der Waals surface area (Å²) >= 11 is 0. The van der Waals surface area contributed by atoms with Crippen LogP contribution in [0.4, 0.5) is 10.5 Å². The van der Waals surface area contributed by atoms with E-state index in [1.807, 2.05) is 31.2 Å². The lowest BCUT2D eigenvalue weighted by Crippen LogP contribution is -2.61. The summed E-state index contributed by atoms with van der Waals surface area (Å²) in [6.07, 6.45) is 1.83. The minimum absolute atomic E-state index is 0.383. The molecule has 1 aromatic rings. The summed E-state index contributed by atoms with van der Waals surface area (Å²) in [5.74, 6) is -0.954. The molecule has 0 saturated heterocycles. The van der Waals surface area contributed by atoms with Crippen LogP contribution in [-0.4, -0.2) is 29.7 Å². The number of carboxylic acid groups (broad SMARTS) is 1. The van der Waals surface area contributed by atoms with E-state index < -0.39 is 11.5 Å². The van der Waals surface area contributed by atoms with Crippen molar-refractivity contribution in [3.8, 4) is 0 Å². The van der Waals surface area contributed by atoms with Crippen molar-refractivity contribution in [1.82, 2.24) is 5.32 Å². The van der Waals surface area contributed by atoms with Gasteiger partial charge < -0.3 is 10.4 Å². The number of aliphatic carboxylic acids is 1. The predicted octanol–water partition coefficient (Wildman–Crippen LogP) is 2.15. The van der Waals surface area contributed by atoms with E-state index in [1.54, 1.807) is 7.05 Å². The zero-order valence-electron chi connectivity index (χ0n) is 11.1. The molecule has 0 unspecified atom stereocenters. The molecule has 102 valence electrons. The Morgan fingerprint density at radius 3 is 2.26 bits per heavy atom. The number of aryl methyl sites for hydroxylation is 1. The Balaban J connectivity index is 2.07. The van der Waals surface area contributed by atoms with Crippen LogP contribution in [0.1, 0.15) is 24.8 Å². The third-order valence-electron chi connectivity index (χ3n) is 3.69. The molecule has 2 amide bonds. The van der Waals surface area contributed by atoms with E-state index in [-0.39, 0.29) is 6.03 Å². The van der Waals surface area contributed by atoms with E-state index in [2.05, 4.69) is 5.32 Å². The fraction of sp³-hybridized carbons (Fsp3) is 0.429. The molecule has 0 atom stereocenters. The number of carbonyl (C=O) groups is 2. The molecular formula is C14H18N2O3. The zero-order chi connectivity index (χ0) is 14.0. The SMILES string of the molecule is Cc1ccc(N(C)C(=O)NC2(C(=O)O)CCC2)cc1. The first-order valence-corrected chi connectivity index (χ1v) is 6.30. The van der Waals surface area contributed by atoms with Crippen molar-refractivity contribution in [2.45, 2.75) is 31.7 Å². The standard InChI is InChI=1S/C14H18N2O3/c1-10-4-6-11(7-5-10)16(2)13(19)15-14(12(17)18)8-3-9-14/h4-7H,3,8-9H2,1-2H3,(H,15,19)(H,17,18). The second-order valence-electron chi connectivity index (χ2n) is 5.07. The first-order valence-electron chi connectivity index (χ1n) is 6.30. The van der Waals surface area contributed by atoms with Gasteiger partial charge in [0.05, 0.1) is 0 Å². The van der Waals surface area contributed by atoms with Crippen LogP contribution in [0, 0.1) is 6.92 Å². The molecule has 1 aliphatic carbocycles. The molecule has 0 heterocycles. The van der Waals surface area contributed by atoms with Gasteiger partial charge >= 0.3 is 12.0 Å². The average molecular weight is 262 g/mol. The van der Waals surface area contributed by atoms with Crippen molar-refractivity contribution in [2.24, 2.45) is 0 Å².